The molecule has 2 N–H and O–H groups in total. The molecule has 0 aliphatic heterocycles. The van der Waals surface area contributed by atoms with Crippen LogP contribution in [-0.4, -0.2) is 10.8 Å². The molecule has 0 unspecified atom stereocenters. The number of hydrogen-bond donors (Lipinski definition) is 1. The number of benzene rings is 1. The monoisotopic (exact) mass is 320 g/mol. The van der Waals surface area contributed by atoms with Gasteiger partial charge in [-0.3, -0.25) is 4.79 Å². The van der Waals surface area contributed by atoms with Gasteiger partial charge in [0.2, 0.25) is 5.88 Å². The molecule has 19 heavy (non-hydrogen) atoms. The van der Waals surface area contributed by atoms with E-state index in [9.17, 15) is 4.79 Å². The van der Waals surface area contributed by atoms with Crippen LogP contribution in [0.2, 0.25) is 0 Å². The molecule has 2 rings (SSSR count). The van der Waals surface area contributed by atoms with Crippen molar-refractivity contribution in [2.45, 2.75) is 13.8 Å². The van der Waals surface area contributed by atoms with E-state index < -0.39 is 0 Å². The highest BCUT2D eigenvalue weighted by Crippen LogP contribution is 2.28. The molecule has 1 aromatic carbocycles. The van der Waals surface area contributed by atoms with Crippen molar-refractivity contribution in [3.05, 3.63) is 46.1 Å². The quantitative estimate of drug-likeness (QED) is 0.691. The van der Waals surface area contributed by atoms with E-state index in [1.807, 2.05) is 6.92 Å². The first-order valence-electron chi connectivity index (χ1n) is 5.68. The molecule has 0 aliphatic rings. The standard InChI is InChI=1S/C14H13BrN2O2/c1-8-5-14(17-7-12(8)15)19-13-4-3-10(16)6-11(13)9(2)18/h3-7H,16H2,1-2H3. The Bertz CT molecular complexity index is 641. The van der Waals surface area contributed by atoms with Gasteiger partial charge in [-0.1, -0.05) is 0 Å². The summed E-state index contributed by atoms with van der Waals surface area (Å²) in [5, 5.41) is 0. The van der Waals surface area contributed by atoms with Gasteiger partial charge >= 0.3 is 0 Å². The fourth-order valence-corrected chi connectivity index (χ4v) is 1.81. The van der Waals surface area contributed by atoms with Gasteiger partial charge in [-0.2, -0.15) is 0 Å². The lowest BCUT2D eigenvalue weighted by atomic mass is 10.1. The number of nitrogens with two attached hydrogens (primary N) is 1. The summed E-state index contributed by atoms with van der Waals surface area (Å²) in [7, 11) is 0. The lowest BCUT2D eigenvalue weighted by Gasteiger charge is -2.10. The number of ketones is 1. The fraction of sp³-hybridized carbons (Fsp3) is 0.143. The Labute approximate surface area is 119 Å². The second-order valence-corrected chi connectivity index (χ2v) is 5.04. The van der Waals surface area contributed by atoms with Gasteiger partial charge in [-0.15, -0.1) is 0 Å². The van der Waals surface area contributed by atoms with Gasteiger partial charge in [0.1, 0.15) is 5.75 Å². The molecule has 1 aromatic heterocycles. The van der Waals surface area contributed by atoms with Crippen molar-refractivity contribution in [2.24, 2.45) is 0 Å². The number of Topliss-reactive ketones (excluding diaryl/α,β-unsaturated/α-hetero) is 1. The number of pyridine rings is 1. The van der Waals surface area contributed by atoms with Crippen molar-refractivity contribution in [1.29, 1.82) is 0 Å². The number of carbonyl (C=O) groups is 1. The molecule has 0 atom stereocenters. The van der Waals surface area contributed by atoms with E-state index in [0.717, 1.165) is 10.0 Å². The molecule has 1 heterocycles. The Morgan fingerprint density at radius 3 is 2.74 bits per heavy atom. The average Bonchev–Trinajstić information content (AvgIpc) is 2.36. The smallest absolute Gasteiger partial charge is 0.219 e. The maximum Gasteiger partial charge on any atom is 0.219 e. The third-order valence-corrected chi connectivity index (χ3v) is 3.45. The molecule has 0 saturated carbocycles. The number of nitrogens with zero attached hydrogens (tertiary/aromatic N) is 1. The summed E-state index contributed by atoms with van der Waals surface area (Å²) < 4.78 is 6.56. The minimum Gasteiger partial charge on any atom is -0.438 e. The largest absolute Gasteiger partial charge is 0.438 e. The zero-order valence-electron chi connectivity index (χ0n) is 10.6. The van der Waals surface area contributed by atoms with Gasteiger partial charge in [0, 0.05) is 22.4 Å². The fourth-order valence-electron chi connectivity index (χ4n) is 1.59. The number of aryl methyl sites for hydroxylation is 1. The Hall–Kier alpha value is -1.88. The predicted octanol–water partition coefficient (Wildman–Crippen LogP) is 3.73. The number of carbonyl (C=O) groups excluding carboxylic acids is 1. The Morgan fingerprint density at radius 1 is 1.37 bits per heavy atom. The van der Waals surface area contributed by atoms with Gasteiger partial charge in [-0.25, -0.2) is 4.98 Å². The Balaban J connectivity index is 2.37. The van der Waals surface area contributed by atoms with Gasteiger partial charge in [0.15, 0.2) is 5.78 Å². The van der Waals surface area contributed by atoms with Crippen LogP contribution in [0.15, 0.2) is 34.9 Å². The summed E-state index contributed by atoms with van der Waals surface area (Å²) >= 11 is 3.37. The van der Waals surface area contributed by atoms with Gasteiger partial charge < -0.3 is 10.5 Å². The molecule has 98 valence electrons. The van der Waals surface area contributed by atoms with E-state index in [1.165, 1.54) is 6.92 Å². The van der Waals surface area contributed by atoms with Crippen LogP contribution in [0.25, 0.3) is 0 Å². The lowest BCUT2D eigenvalue weighted by molar-refractivity contribution is 0.101. The zero-order valence-corrected chi connectivity index (χ0v) is 12.2. The van der Waals surface area contributed by atoms with Crippen molar-refractivity contribution < 1.29 is 9.53 Å². The van der Waals surface area contributed by atoms with Crippen LogP contribution in [0.5, 0.6) is 11.6 Å². The van der Waals surface area contributed by atoms with Crippen molar-refractivity contribution in [1.82, 2.24) is 4.98 Å². The van der Waals surface area contributed by atoms with Crippen molar-refractivity contribution in [3.8, 4) is 11.6 Å². The van der Waals surface area contributed by atoms with Crippen LogP contribution in [0.1, 0.15) is 22.8 Å². The van der Waals surface area contributed by atoms with Gasteiger partial charge in [0.05, 0.1) is 5.56 Å². The highest BCUT2D eigenvalue weighted by atomic mass is 79.9. The SMILES string of the molecule is CC(=O)c1cc(N)ccc1Oc1cc(C)c(Br)cn1. The molecule has 0 spiro atoms. The topological polar surface area (TPSA) is 65.2 Å². The molecule has 0 saturated heterocycles. The minimum atomic E-state index is -0.101. The van der Waals surface area contributed by atoms with Gasteiger partial charge in [0.25, 0.3) is 0 Å². The Kier molecular flexibility index (Phi) is 3.85. The van der Waals surface area contributed by atoms with Crippen LogP contribution in [0, 0.1) is 6.92 Å². The second kappa shape index (κ2) is 5.40. The molecular weight excluding hydrogens is 308 g/mol. The molecule has 4 nitrogen and oxygen atoms in total. The Morgan fingerprint density at radius 2 is 2.11 bits per heavy atom. The summed E-state index contributed by atoms with van der Waals surface area (Å²) in [4.78, 5) is 15.7. The van der Waals surface area contributed by atoms with Gasteiger partial charge in [-0.05, 0) is 53.5 Å². The predicted molar refractivity (Wildman–Crippen MR) is 77.6 cm³/mol. The number of halogens is 1. The minimum absolute atomic E-state index is 0.101. The number of rotatable bonds is 3. The summed E-state index contributed by atoms with van der Waals surface area (Å²) in [5.74, 6) is 0.792. The maximum atomic E-state index is 11.6. The van der Waals surface area contributed by atoms with E-state index in [-0.39, 0.29) is 5.78 Å². The van der Waals surface area contributed by atoms with Crippen LogP contribution in [-0.2, 0) is 0 Å². The van der Waals surface area contributed by atoms with Crippen LogP contribution in [0.3, 0.4) is 0 Å². The van der Waals surface area contributed by atoms with Crippen LogP contribution in [0.4, 0.5) is 5.69 Å². The summed E-state index contributed by atoms with van der Waals surface area (Å²) in [6.07, 6.45) is 1.66. The van der Waals surface area contributed by atoms with E-state index in [2.05, 4.69) is 20.9 Å². The van der Waals surface area contributed by atoms with E-state index >= 15 is 0 Å². The first kappa shape index (κ1) is 13.5. The van der Waals surface area contributed by atoms with E-state index in [4.69, 9.17) is 10.5 Å². The molecule has 0 bridgehead atoms. The molecular formula is C14H13BrN2O2. The normalized spacial score (nSPS) is 10.3. The van der Waals surface area contributed by atoms with Crippen molar-refractivity contribution in [2.75, 3.05) is 5.73 Å². The summed E-state index contributed by atoms with van der Waals surface area (Å²) in [5.41, 5.74) is 7.65. The summed E-state index contributed by atoms with van der Waals surface area (Å²) in [6.45, 7) is 3.41. The lowest BCUT2D eigenvalue weighted by Crippen LogP contribution is -2.00. The second-order valence-electron chi connectivity index (χ2n) is 4.19. The molecule has 2 aromatic rings. The molecule has 0 aliphatic carbocycles. The first-order valence-corrected chi connectivity index (χ1v) is 6.47. The number of anilines is 1. The van der Waals surface area contributed by atoms with Crippen molar-refractivity contribution in [3.63, 3.8) is 0 Å². The number of hydrogen-bond acceptors (Lipinski definition) is 4. The third kappa shape index (κ3) is 3.12. The van der Waals surface area contributed by atoms with E-state index in [0.29, 0.717) is 22.9 Å². The first-order chi connectivity index (χ1) is 8.97. The molecule has 5 heteroatoms. The molecule has 0 fully saturated rings. The van der Waals surface area contributed by atoms with Crippen LogP contribution >= 0.6 is 15.9 Å². The third-order valence-electron chi connectivity index (χ3n) is 2.62. The zero-order chi connectivity index (χ0) is 14.0. The highest BCUT2D eigenvalue weighted by molar-refractivity contribution is 9.10. The van der Waals surface area contributed by atoms with Crippen LogP contribution < -0.4 is 10.5 Å². The molecule has 0 radical (unpaired) electrons. The van der Waals surface area contributed by atoms with E-state index in [1.54, 1.807) is 30.5 Å². The number of nitrogen functional groups attached to an aromatic ring is 1. The average molecular weight is 321 g/mol. The maximum absolute atomic E-state index is 11.6. The van der Waals surface area contributed by atoms with Crippen molar-refractivity contribution >= 4 is 27.4 Å². The summed E-state index contributed by atoms with van der Waals surface area (Å²) in [6, 6.07) is 6.76. The highest BCUT2D eigenvalue weighted by Gasteiger charge is 2.11. The molecule has 0 amide bonds. The number of aromatic nitrogens is 1. The number of ether oxygens (including phenoxy) is 1.